The zero-order chi connectivity index (χ0) is 21.9. The van der Waals surface area contributed by atoms with Gasteiger partial charge in [-0.25, -0.2) is 4.79 Å². The van der Waals surface area contributed by atoms with E-state index in [4.69, 9.17) is 9.47 Å². The van der Waals surface area contributed by atoms with Crippen molar-refractivity contribution >= 4 is 29.3 Å². The summed E-state index contributed by atoms with van der Waals surface area (Å²) in [6.07, 6.45) is 2.44. The molecule has 1 aromatic carbocycles. The molecule has 2 heterocycles. The Kier molecular flexibility index (Phi) is 6.53. The van der Waals surface area contributed by atoms with Crippen molar-refractivity contribution < 1.29 is 23.9 Å². The van der Waals surface area contributed by atoms with Gasteiger partial charge in [-0.1, -0.05) is 0 Å². The van der Waals surface area contributed by atoms with E-state index in [1.54, 1.807) is 35.1 Å². The molecule has 0 bridgehead atoms. The topological polar surface area (TPSA) is 88.2 Å². The van der Waals surface area contributed by atoms with Gasteiger partial charge in [0.25, 0.3) is 0 Å². The zero-order valence-electron chi connectivity index (χ0n) is 18.2. The molecule has 0 aliphatic carbocycles. The first kappa shape index (κ1) is 21.9. The fourth-order valence-electron chi connectivity index (χ4n) is 3.81. The van der Waals surface area contributed by atoms with Crippen molar-refractivity contribution in [1.82, 2.24) is 4.90 Å². The van der Waals surface area contributed by atoms with E-state index < -0.39 is 5.60 Å². The van der Waals surface area contributed by atoms with Gasteiger partial charge in [0.15, 0.2) is 0 Å². The number of anilines is 2. The first-order chi connectivity index (χ1) is 14.2. The summed E-state index contributed by atoms with van der Waals surface area (Å²) in [5.41, 5.74) is 0.745. The summed E-state index contributed by atoms with van der Waals surface area (Å²) in [6.45, 7) is 7.07. The van der Waals surface area contributed by atoms with Crippen LogP contribution in [0.1, 0.15) is 46.5 Å². The van der Waals surface area contributed by atoms with E-state index in [0.717, 1.165) is 12.8 Å². The number of hydrogen-bond acceptors (Lipinski definition) is 5. The van der Waals surface area contributed by atoms with Crippen LogP contribution in [0, 0.1) is 5.92 Å². The van der Waals surface area contributed by atoms with Crippen molar-refractivity contribution in [2.45, 2.75) is 52.1 Å². The van der Waals surface area contributed by atoms with Gasteiger partial charge in [0.2, 0.25) is 11.8 Å². The fraction of sp³-hybridized carbons (Fsp3) is 0.591. The molecule has 2 aliphatic rings. The summed E-state index contributed by atoms with van der Waals surface area (Å²) in [7, 11) is 1.55. The highest BCUT2D eigenvalue weighted by atomic mass is 16.6. The lowest BCUT2D eigenvalue weighted by atomic mass is 9.97. The second kappa shape index (κ2) is 8.93. The minimum absolute atomic E-state index is 0.0783. The molecular formula is C22H31N3O5. The molecule has 0 spiro atoms. The van der Waals surface area contributed by atoms with Crippen LogP contribution in [0.15, 0.2) is 18.2 Å². The molecule has 1 aromatic rings. The van der Waals surface area contributed by atoms with Crippen LogP contribution in [-0.4, -0.2) is 55.2 Å². The van der Waals surface area contributed by atoms with Crippen molar-refractivity contribution in [3.63, 3.8) is 0 Å². The Bertz CT molecular complexity index is 817. The zero-order valence-corrected chi connectivity index (χ0v) is 18.2. The Hall–Kier alpha value is -2.77. The number of nitrogens with one attached hydrogen (secondary N) is 1. The number of hydrogen-bond donors (Lipinski definition) is 1. The summed E-state index contributed by atoms with van der Waals surface area (Å²) in [4.78, 5) is 40.5. The maximum Gasteiger partial charge on any atom is 0.410 e. The molecule has 2 aliphatic heterocycles. The Labute approximate surface area is 177 Å². The molecule has 0 radical (unpaired) electrons. The maximum absolute atomic E-state index is 12.8. The third-order valence-electron chi connectivity index (χ3n) is 5.26. The Morgan fingerprint density at radius 2 is 1.93 bits per heavy atom. The average Bonchev–Trinajstić information content (AvgIpc) is 3.12. The van der Waals surface area contributed by atoms with Gasteiger partial charge < -0.3 is 24.6 Å². The fourth-order valence-corrected chi connectivity index (χ4v) is 3.81. The Morgan fingerprint density at radius 3 is 2.57 bits per heavy atom. The number of carbonyl (C=O) groups excluding carboxylic acids is 3. The van der Waals surface area contributed by atoms with E-state index in [0.29, 0.717) is 49.6 Å². The van der Waals surface area contributed by atoms with E-state index in [1.165, 1.54) is 0 Å². The maximum atomic E-state index is 12.8. The number of nitrogens with zero attached hydrogens (tertiary/aromatic N) is 2. The number of piperidine rings is 1. The van der Waals surface area contributed by atoms with Crippen molar-refractivity contribution in [3.05, 3.63) is 18.2 Å². The molecule has 2 saturated heterocycles. The number of likely N-dealkylation sites (tertiary alicyclic amines) is 1. The van der Waals surface area contributed by atoms with Crippen LogP contribution >= 0.6 is 0 Å². The Morgan fingerprint density at radius 1 is 1.17 bits per heavy atom. The molecule has 30 heavy (non-hydrogen) atoms. The molecule has 3 amide bonds. The molecule has 0 saturated carbocycles. The molecule has 1 N–H and O–H groups in total. The van der Waals surface area contributed by atoms with Crippen molar-refractivity contribution in [2.75, 3.05) is 37.0 Å². The van der Waals surface area contributed by atoms with Crippen LogP contribution in [0.3, 0.4) is 0 Å². The molecule has 2 fully saturated rings. The van der Waals surface area contributed by atoms with E-state index in [9.17, 15) is 14.4 Å². The number of carbonyl (C=O) groups is 3. The van der Waals surface area contributed by atoms with E-state index in [2.05, 4.69) is 5.32 Å². The highest BCUT2D eigenvalue weighted by Gasteiger charge is 2.31. The molecule has 1 unspecified atom stereocenters. The summed E-state index contributed by atoms with van der Waals surface area (Å²) in [5, 5.41) is 2.92. The quantitative estimate of drug-likeness (QED) is 0.811. The van der Waals surface area contributed by atoms with Gasteiger partial charge in [-0.2, -0.15) is 0 Å². The third kappa shape index (κ3) is 5.23. The minimum Gasteiger partial charge on any atom is -0.494 e. The number of rotatable bonds is 4. The highest BCUT2D eigenvalue weighted by molar-refractivity contribution is 5.98. The van der Waals surface area contributed by atoms with Gasteiger partial charge in [-0.05, 0) is 52.2 Å². The number of methoxy groups -OCH3 is 1. The van der Waals surface area contributed by atoms with Gasteiger partial charge in [-0.3, -0.25) is 9.59 Å². The lowest BCUT2D eigenvalue weighted by Crippen LogP contribution is -2.45. The highest BCUT2D eigenvalue weighted by Crippen LogP contribution is 2.34. The number of benzene rings is 1. The van der Waals surface area contributed by atoms with Crippen LogP contribution in [0.5, 0.6) is 5.75 Å². The largest absolute Gasteiger partial charge is 0.494 e. The van der Waals surface area contributed by atoms with Gasteiger partial charge in [0.1, 0.15) is 11.4 Å². The van der Waals surface area contributed by atoms with Gasteiger partial charge >= 0.3 is 6.09 Å². The molecular weight excluding hydrogens is 386 g/mol. The molecule has 164 valence electrons. The van der Waals surface area contributed by atoms with Crippen molar-refractivity contribution in [1.29, 1.82) is 0 Å². The second-order valence-corrected chi connectivity index (χ2v) is 8.79. The third-order valence-corrected chi connectivity index (χ3v) is 5.26. The first-order valence-corrected chi connectivity index (χ1v) is 10.4. The normalized spacial score (nSPS) is 19.6. The molecule has 1 atom stereocenters. The van der Waals surface area contributed by atoms with Crippen LogP contribution < -0.4 is 15.0 Å². The van der Waals surface area contributed by atoms with Gasteiger partial charge in [-0.15, -0.1) is 0 Å². The Balaban J connectivity index is 1.65. The monoisotopic (exact) mass is 417 g/mol. The lowest BCUT2D eigenvalue weighted by Gasteiger charge is -2.33. The number of ether oxygens (including phenoxy) is 2. The van der Waals surface area contributed by atoms with Crippen LogP contribution in [-0.2, 0) is 14.3 Å². The molecule has 3 rings (SSSR count). The molecule has 0 aromatic heterocycles. The summed E-state index contributed by atoms with van der Waals surface area (Å²) < 4.78 is 10.9. The lowest BCUT2D eigenvalue weighted by molar-refractivity contribution is -0.121. The molecule has 8 heteroatoms. The SMILES string of the molecule is COc1cc(NC(=O)C2CCCN(C(=O)OC(C)(C)C)C2)ccc1N1CCCC1=O. The van der Waals surface area contributed by atoms with Crippen molar-refractivity contribution in [3.8, 4) is 5.75 Å². The predicted octanol–water partition coefficient (Wildman–Crippen LogP) is 3.41. The van der Waals surface area contributed by atoms with Gasteiger partial charge in [0.05, 0.1) is 18.7 Å². The van der Waals surface area contributed by atoms with Crippen LogP contribution in [0.25, 0.3) is 0 Å². The average molecular weight is 418 g/mol. The van der Waals surface area contributed by atoms with Crippen molar-refractivity contribution in [2.24, 2.45) is 5.92 Å². The van der Waals surface area contributed by atoms with E-state index >= 15 is 0 Å². The summed E-state index contributed by atoms with van der Waals surface area (Å²) in [5.74, 6) is 0.170. The molecule has 8 nitrogen and oxygen atoms in total. The standard InChI is InChI=1S/C22H31N3O5/c1-22(2,3)30-21(28)24-11-5-7-15(14-24)20(27)23-16-9-10-17(18(13-16)29-4)25-12-6-8-19(25)26/h9-10,13,15H,5-8,11-12,14H2,1-4H3,(H,23,27). The van der Waals surface area contributed by atoms with Crippen LogP contribution in [0.4, 0.5) is 16.2 Å². The van der Waals surface area contributed by atoms with Gasteiger partial charge in [0, 0.05) is 37.8 Å². The van der Waals surface area contributed by atoms with E-state index in [-0.39, 0.29) is 23.8 Å². The predicted molar refractivity (Wildman–Crippen MR) is 114 cm³/mol. The first-order valence-electron chi connectivity index (χ1n) is 10.4. The second-order valence-electron chi connectivity index (χ2n) is 8.79. The van der Waals surface area contributed by atoms with Crippen LogP contribution in [0.2, 0.25) is 0 Å². The smallest absolute Gasteiger partial charge is 0.410 e. The number of amides is 3. The summed E-state index contributed by atoms with van der Waals surface area (Å²) >= 11 is 0. The minimum atomic E-state index is -0.568. The summed E-state index contributed by atoms with van der Waals surface area (Å²) in [6, 6.07) is 5.30. The van der Waals surface area contributed by atoms with E-state index in [1.807, 2.05) is 20.8 Å².